The van der Waals surface area contributed by atoms with Crippen molar-refractivity contribution in [2.45, 2.75) is 25.4 Å². The summed E-state index contributed by atoms with van der Waals surface area (Å²) in [7, 11) is 0. The average Bonchev–Trinajstić information content (AvgIpc) is 3.17. The lowest BCUT2D eigenvalue weighted by molar-refractivity contribution is -0.167. The smallest absolute Gasteiger partial charge is 0.351 e. The van der Waals surface area contributed by atoms with Crippen LogP contribution in [0, 0.1) is 5.92 Å². The molecule has 2 heterocycles. The molecule has 0 atom stereocenters. The number of benzene rings is 2. The molecule has 2 aromatic carbocycles. The molecule has 1 aromatic heterocycles. The van der Waals surface area contributed by atoms with Gasteiger partial charge in [0.1, 0.15) is 5.69 Å². The van der Waals surface area contributed by atoms with Gasteiger partial charge in [-0.05, 0) is 55.0 Å². The highest BCUT2D eigenvalue weighted by atomic mass is 19.4. The van der Waals surface area contributed by atoms with Crippen molar-refractivity contribution in [1.82, 2.24) is 9.88 Å². The van der Waals surface area contributed by atoms with Crippen molar-refractivity contribution < 1.29 is 22.8 Å². The molecule has 0 saturated carbocycles. The van der Waals surface area contributed by atoms with Gasteiger partial charge in [-0.1, -0.05) is 30.3 Å². The van der Waals surface area contributed by atoms with Crippen molar-refractivity contribution in [3.63, 3.8) is 0 Å². The first-order valence-corrected chi connectivity index (χ1v) is 10.1. The van der Waals surface area contributed by atoms with E-state index in [1.54, 1.807) is 17.0 Å². The Morgan fingerprint density at radius 3 is 2.42 bits per heavy atom. The molecule has 1 aliphatic heterocycles. The molecule has 31 heavy (non-hydrogen) atoms. The van der Waals surface area contributed by atoms with Crippen molar-refractivity contribution in [3.05, 3.63) is 65.9 Å². The Labute approximate surface area is 177 Å². The molecule has 162 valence electrons. The average molecular weight is 429 g/mol. The van der Waals surface area contributed by atoms with Crippen LogP contribution in [-0.2, 0) is 11.2 Å². The second-order valence-corrected chi connectivity index (χ2v) is 7.86. The summed E-state index contributed by atoms with van der Waals surface area (Å²) >= 11 is 0. The summed E-state index contributed by atoms with van der Waals surface area (Å²) in [6.45, 7) is 1.33. The predicted molar refractivity (Wildman–Crippen MR) is 112 cm³/mol. The molecule has 1 saturated heterocycles. The second kappa shape index (κ2) is 8.45. The molecule has 3 aromatic rings. The molecular formula is C23H22F3N3O2. The summed E-state index contributed by atoms with van der Waals surface area (Å²) in [6, 6.07) is 16.2. The van der Waals surface area contributed by atoms with E-state index in [1.807, 2.05) is 23.5 Å². The van der Waals surface area contributed by atoms with Gasteiger partial charge < -0.3 is 15.2 Å². The quantitative estimate of drug-likeness (QED) is 0.628. The Kier molecular flexibility index (Phi) is 5.71. The number of alkyl halides is 3. The van der Waals surface area contributed by atoms with Crippen molar-refractivity contribution in [3.8, 4) is 0 Å². The van der Waals surface area contributed by atoms with Gasteiger partial charge in [0.2, 0.25) is 0 Å². The molecular weight excluding hydrogens is 407 g/mol. The van der Waals surface area contributed by atoms with Crippen LogP contribution in [0.1, 0.15) is 28.9 Å². The zero-order valence-corrected chi connectivity index (χ0v) is 16.7. The highest BCUT2D eigenvalue weighted by Gasteiger charge is 2.38. The van der Waals surface area contributed by atoms with E-state index in [1.165, 1.54) is 17.7 Å². The fraction of sp³-hybridized carbons (Fsp3) is 0.304. The number of rotatable bonds is 4. The van der Waals surface area contributed by atoms with Gasteiger partial charge >= 0.3 is 12.1 Å². The Hall–Kier alpha value is -3.29. The van der Waals surface area contributed by atoms with Crippen molar-refractivity contribution >= 4 is 28.4 Å². The fourth-order valence-electron chi connectivity index (χ4n) is 3.99. The zero-order valence-electron chi connectivity index (χ0n) is 16.7. The molecule has 8 heteroatoms. The monoisotopic (exact) mass is 429 g/mol. The normalized spacial score (nSPS) is 15.3. The number of aromatic amines is 1. The van der Waals surface area contributed by atoms with Gasteiger partial charge in [-0.25, -0.2) is 0 Å². The van der Waals surface area contributed by atoms with Gasteiger partial charge in [0.15, 0.2) is 0 Å². The maximum Gasteiger partial charge on any atom is 0.471 e. The van der Waals surface area contributed by atoms with Gasteiger partial charge in [-0.15, -0.1) is 0 Å². The first kappa shape index (κ1) is 21.0. The molecule has 1 fully saturated rings. The number of H-pyrrole nitrogens is 1. The summed E-state index contributed by atoms with van der Waals surface area (Å²) in [4.78, 5) is 28.9. The number of anilines is 1. The van der Waals surface area contributed by atoms with Crippen molar-refractivity contribution in [2.75, 3.05) is 18.4 Å². The minimum absolute atomic E-state index is 0.0227. The first-order valence-electron chi connectivity index (χ1n) is 10.1. The maximum absolute atomic E-state index is 12.9. The van der Waals surface area contributed by atoms with E-state index in [9.17, 15) is 22.8 Å². The lowest BCUT2D eigenvalue weighted by atomic mass is 9.90. The lowest BCUT2D eigenvalue weighted by Gasteiger charge is -2.31. The number of fused-ring (bicyclic) bond motifs is 1. The van der Waals surface area contributed by atoms with Crippen LogP contribution in [0.4, 0.5) is 18.9 Å². The Bertz CT molecular complexity index is 1080. The second-order valence-electron chi connectivity index (χ2n) is 7.86. The molecule has 5 nitrogen and oxygen atoms in total. The maximum atomic E-state index is 12.9. The molecule has 0 spiro atoms. The van der Waals surface area contributed by atoms with Crippen LogP contribution >= 0.6 is 0 Å². The van der Waals surface area contributed by atoms with Gasteiger partial charge in [0.05, 0.1) is 0 Å². The number of hydrogen-bond donors (Lipinski definition) is 2. The number of nitrogens with one attached hydrogen (secondary N) is 2. The van der Waals surface area contributed by atoms with Gasteiger partial charge in [-0.3, -0.25) is 9.59 Å². The number of likely N-dealkylation sites (tertiary alicyclic amines) is 1. The summed E-state index contributed by atoms with van der Waals surface area (Å²) in [5, 5.41) is 2.39. The third-order valence-electron chi connectivity index (χ3n) is 5.64. The van der Waals surface area contributed by atoms with Crippen molar-refractivity contribution in [2.24, 2.45) is 5.92 Å². The van der Waals surface area contributed by atoms with Crippen LogP contribution < -0.4 is 5.32 Å². The van der Waals surface area contributed by atoms with E-state index < -0.39 is 12.1 Å². The number of carbonyl (C=O) groups is 2. The first-order chi connectivity index (χ1) is 14.8. The number of carbonyl (C=O) groups excluding carboxylic acids is 2. The van der Waals surface area contributed by atoms with Crippen LogP contribution in [-0.4, -0.2) is 41.0 Å². The van der Waals surface area contributed by atoms with Crippen LogP contribution in [0.5, 0.6) is 0 Å². The van der Waals surface area contributed by atoms with Crippen LogP contribution in [0.2, 0.25) is 0 Å². The number of amides is 2. The summed E-state index contributed by atoms with van der Waals surface area (Å²) in [5.41, 5.74) is 2.33. The molecule has 1 aliphatic rings. The number of halogens is 3. The van der Waals surface area contributed by atoms with E-state index in [4.69, 9.17) is 0 Å². The highest BCUT2D eigenvalue weighted by molar-refractivity contribution is 6.00. The zero-order chi connectivity index (χ0) is 22.0. The topological polar surface area (TPSA) is 65.2 Å². The van der Waals surface area contributed by atoms with Gasteiger partial charge in [-0.2, -0.15) is 13.2 Å². The Morgan fingerprint density at radius 2 is 1.74 bits per heavy atom. The lowest BCUT2D eigenvalue weighted by Crippen LogP contribution is -2.39. The van der Waals surface area contributed by atoms with Crippen LogP contribution in [0.15, 0.2) is 54.6 Å². The van der Waals surface area contributed by atoms with E-state index in [-0.39, 0.29) is 11.6 Å². The SMILES string of the molecule is O=C(c1cc2cc(NC(=O)C(F)(F)F)ccc2[nH]1)N1CCC(Cc2ccccc2)CC1. The van der Waals surface area contributed by atoms with E-state index >= 15 is 0 Å². The van der Waals surface area contributed by atoms with E-state index in [0.717, 1.165) is 19.3 Å². The number of nitrogens with zero attached hydrogens (tertiary/aromatic N) is 1. The minimum atomic E-state index is -4.96. The largest absolute Gasteiger partial charge is 0.471 e. The summed E-state index contributed by atoms with van der Waals surface area (Å²) < 4.78 is 37.3. The number of aromatic nitrogens is 1. The number of piperidine rings is 1. The van der Waals surface area contributed by atoms with Crippen LogP contribution in [0.3, 0.4) is 0 Å². The third-order valence-corrected chi connectivity index (χ3v) is 5.64. The van der Waals surface area contributed by atoms with Gasteiger partial charge in [0, 0.05) is 29.7 Å². The summed E-state index contributed by atoms with van der Waals surface area (Å²) in [6.07, 6.45) is -2.11. The van der Waals surface area contributed by atoms with Crippen molar-refractivity contribution in [1.29, 1.82) is 0 Å². The van der Waals surface area contributed by atoms with Crippen LogP contribution in [0.25, 0.3) is 10.9 Å². The highest BCUT2D eigenvalue weighted by Crippen LogP contribution is 2.26. The minimum Gasteiger partial charge on any atom is -0.351 e. The fourth-order valence-corrected chi connectivity index (χ4v) is 3.99. The Morgan fingerprint density at radius 1 is 1.03 bits per heavy atom. The summed E-state index contributed by atoms with van der Waals surface area (Å²) in [5.74, 6) is -1.62. The predicted octanol–water partition coefficient (Wildman–Crippen LogP) is 4.76. The number of hydrogen-bond acceptors (Lipinski definition) is 2. The standard InChI is InChI=1S/C23H22F3N3O2/c24-23(25,26)22(31)27-18-6-7-19-17(13-18)14-20(28-19)21(30)29-10-8-16(9-11-29)12-15-4-2-1-3-5-15/h1-7,13-14,16,28H,8-12H2,(H,27,31). The molecule has 4 rings (SSSR count). The van der Waals surface area contributed by atoms with E-state index in [0.29, 0.717) is 35.6 Å². The molecule has 2 amide bonds. The van der Waals surface area contributed by atoms with E-state index in [2.05, 4.69) is 17.1 Å². The molecule has 2 N–H and O–H groups in total. The molecule has 0 aliphatic carbocycles. The third kappa shape index (κ3) is 4.90. The molecule has 0 unspecified atom stereocenters. The molecule has 0 bridgehead atoms. The Balaban J connectivity index is 1.39. The molecule has 0 radical (unpaired) electrons. The van der Waals surface area contributed by atoms with Gasteiger partial charge in [0.25, 0.3) is 5.91 Å².